The van der Waals surface area contributed by atoms with Crippen LogP contribution in [-0.2, 0) is 0 Å². The average Bonchev–Trinajstić information content (AvgIpc) is 1.72. The molecule has 0 bridgehead atoms. The molecule has 0 radical (unpaired) electrons. The summed E-state index contributed by atoms with van der Waals surface area (Å²) in [5.41, 5.74) is 0. The summed E-state index contributed by atoms with van der Waals surface area (Å²) in [7, 11) is 0. The Hall–Kier alpha value is 0.390. The summed E-state index contributed by atoms with van der Waals surface area (Å²) >= 11 is 0. The predicted molar refractivity (Wildman–Crippen MR) is 34.5 cm³/mol. The molecule has 1 aromatic heterocycles. The van der Waals surface area contributed by atoms with Crippen molar-refractivity contribution in [3.8, 4) is 0 Å². The third-order valence-corrected chi connectivity index (χ3v) is 0.667. The van der Waals surface area contributed by atoms with Gasteiger partial charge in [-0.25, -0.2) is 0 Å². The fourth-order valence-corrected chi connectivity index (χ4v) is 0.385. The standard InChI is InChI=1S/B6/c1-2-4-6-5-3-1. The molecule has 0 nitrogen and oxygen atoms in total. The summed E-state index contributed by atoms with van der Waals surface area (Å²) in [6.07, 6.45) is 0. The van der Waals surface area contributed by atoms with Gasteiger partial charge in [-0.2, -0.15) is 0 Å². The van der Waals surface area contributed by atoms with Crippen LogP contribution in [0.1, 0.15) is 0 Å². The van der Waals surface area contributed by atoms with Gasteiger partial charge in [-0.1, -0.05) is 0 Å². The van der Waals surface area contributed by atoms with Gasteiger partial charge >= 0.3 is 40.1 Å². The van der Waals surface area contributed by atoms with Crippen LogP contribution in [0.4, 0.5) is 0 Å². The van der Waals surface area contributed by atoms with E-state index in [2.05, 4.69) is 0 Å². The summed E-state index contributed by atoms with van der Waals surface area (Å²) in [6.45, 7) is 12.0. The van der Waals surface area contributed by atoms with E-state index in [0.717, 1.165) is 0 Å². The molecule has 0 amide bonds. The molecular formula is B6. The molecule has 1 rings (SSSR count). The molecule has 0 aliphatic rings. The van der Waals surface area contributed by atoms with Crippen molar-refractivity contribution in [2.45, 2.75) is 0 Å². The van der Waals surface area contributed by atoms with Gasteiger partial charge in [0.05, 0.1) is 0 Å². The van der Waals surface area contributed by atoms with Crippen LogP contribution in [0.2, 0.25) is 0 Å². The molecule has 0 N–H and O–H groups in total. The molecule has 0 fully saturated rings. The van der Waals surface area contributed by atoms with E-state index in [1.165, 1.54) is 0 Å². The van der Waals surface area contributed by atoms with Gasteiger partial charge in [0.2, 0.25) is 0 Å². The molecule has 0 unspecified atom stereocenters. The van der Waals surface area contributed by atoms with Crippen molar-refractivity contribution < 1.29 is 0 Å². The fourth-order valence-electron chi connectivity index (χ4n) is 0.385. The maximum absolute atomic E-state index is 2.00. The zero-order chi connectivity index (χ0) is 4.24. The number of hydrogen-bond acceptors (Lipinski definition) is 0. The number of hydrogen-bond donors (Lipinski definition) is 0. The van der Waals surface area contributed by atoms with Crippen LogP contribution in [0, 0.1) is 0 Å². The van der Waals surface area contributed by atoms with Crippen molar-refractivity contribution in [3.63, 3.8) is 0 Å². The van der Waals surface area contributed by atoms with Crippen molar-refractivity contribution in [1.82, 2.24) is 0 Å². The first-order valence-electron chi connectivity index (χ1n) is 2.00. The zero-order valence-electron chi connectivity index (χ0n) is 3.46. The van der Waals surface area contributed by atoms with Crippen LogP contribution in [0.5, 0.6) is 0 Å². The molecule has 1 heterocycles. The molecule has 0 spiro atoms. The molecule has 0 aliphatic heterocycles. The van der Waals surface area contributed by atoms with Crippen LogP contribution >= 0.6 is 0 Å². The number of rotatable bonds is 0. The Morgan fingerprint density at radius 3 is 0.667 bits per heavy atom. The monoisotopic (exact) mass is 66.1 g/mol. The molecule has 18 valence electrons. The van der Waals surface area contributed by atoms with Crippen LogP contribution in [0.15, 0.2) is 0 Å². The molecular weight excluding hydrogens is 64.9 g/mol. The van der Waals surface area contributed by atoms with Crippen molar-refractivity contribution >= 4 is 40.1 Å². The van der Waals surface area contributed by atoms with Crippen molar-refractivity contribution in [2.75, 3.05) is 0 Å². The molecule has 1 aromatic rings. The van der Waals surface area contributed by atoms with E-state index in [0.29, 0.717) is 0 Å². The molecule has 0 aliphatic carbocycles. The van der Waals surface area contributed by atoms with Gasteiger partial charge in [-0.3, -0.25) is 0 Å². The van der Waals surface area contributed by atoms with E-state index < -0.39 is 0 Å². The van der Waals surface area contributed by atoms with E-state index >= 15 is 0 Å². The Morgan fingerprint density at radius 1 is 0.333 bits per heavy atom. The fraction of sp³-hybridized carbons (Fsp3) is 0. The Labute approximate surface area is 40.9 Å². The maximum atomic E-state index is 2.00. The van der Waals surface area contributed by atoms with Gasteiger partial charge in [-0.05, 0) is 0 Å². The van der Waals surface area contributed by atoms with Crippen LogP contribution in [0.25, 0.3) is 0 Å². The Morgan fingerprint density at radius 2 is 0.500 bits per heavy atom. The second kappa shape index (κ2) is 2.54. The van der Waals surface area contributed by atoms with E-state index in [9.17, 15) is 0 Å². The third-order valence-electron chi connectivity index (χ3n) is 0.667. The summed E-state index contributed by atoms with van der Waals surface area (Å²) in [5, 5.41) is 0. The minimum absolute atomic E-state index is 2.00. The molecule has 0 saturated heterocycles. The van der Waals surface area contributed by atoms with Gasteiger partial charge in [-0.15, -0.1) is 0 Å². The first kappa shape index (κ1) is 4.55. The van der Waals surface area contributed by atoms with Gasteiger partial charge in [0.1, 0.15) is 0 Å². The summed E-state index contributed by atoms with van der Waals surface area (Å²) < 4.78 is 0. The normalized spacial score (nSPS) is 4.00. The zero-order valence-corrected chi connectivity index (χ0v) is 3.46. The Balaban J connectivity index is 3.00. The summed E-state index contributed by atoms with van der Waals surface area (Å²) in [6, 6.07) is 0. The van der Waals surface area contributed by atoms with Crippen molar-refractivity contribution in [1.29, 1.82) is 0 Å². The van der Waals surface area contributed by atoms with Crippen molar-refractivity contribution in [3.05, 3.63) is 0 Å². The molecule has 0 aromatic carbocycles. The van der Waals surface area contributed by atoms with Gasteiger partial charge < -0.3 is 0 Å². The molecule has 0 atom stereocenters. The second-order valence-corrected chi connectivity index (χ2v) is 1.15. The SMILES string of the molecule is b1bbbbb1. The molecule has 6 heteroatoms. The predicted octanol–water partition coefficient (Wildman–Crippen LogP) is -2.28. The topological polar surface area (TPSA) is 0 Å². The second-order valence-electron chi connectivity index (χ2n) is 1.15. The van der Waals surface area contributed by atoms with Crippen LogP contribution in [-0.4, -0.2) is 40.1 Å². The van der Waals surface area contributed by atoms with E-state index in [4.69, 9.17) is 0 Å². The quantitative estimate of drug-likeness (QED) is 0.319. The third kappa shape index (κ3) is 1.24. The summed E-state index contributed by atoms with van der Waals surface area (Å²) in [4.78, 5) is 0. The minimum atomic E-state index is 2.00. The van der Waals surface area contributed by atoms with Crippen molar-refractivity contribution in [2.24, 2.45) is 0 Å². The molecule has 0 saturated carbocycles. The van der Waals surface area contributed by atoms with E-state index in [1.807, 2.05) is 40.1 Å². The average molecular weight is 64.9 g/mol. The Bertz CT molecular complexity index is 72.0. The Kier molecular flexibility index (Phi) is 1.93. The van der Waals surface area contributed by atoms with Gasteiger partial charge in [0.25, 0.3) is 0 Å². The van der Waals surface area contributed by atoms with E-state index in [1.54, 1.807) is 0 Å². The first-order valence-corrected chi connectivity index (χ1v) is 2.00. The van der Waals surface area contributed by atoms with Gasteiger partial charge in [0, 0.05) is 0 Å². The van der Waals surface area contributed by atoms with E-state index in [-0.39, 0.29) is 0 Å². The first-order chi connectivity index (χ1) is 3.00. The van der Waals surface area contributed by atoms with Gasteiger partial charge in [0.15, 0.2) is 0 Å². The van der Waals surface area contributed by atoms with Crippen LogP contribution in [0.3, 0.4) is 0 Å². The molecule has 6 heavy (non-hydrogen) atoms. The van der Waals surface area contributed by atoms with Crippen LogP contribution < -0.4 is 0 Å². The summed E-state index contributed by atoms with van der Waals surface area (Å²) in [5.74, 6) is 0.